The van der Waals surface area contributed by atoms with Crippen LogP contribution in [0.25, 0.3) is 0 Å². The lowest BCUT2D eigenvalue weighted by molar-refractivity contribution is -0.0348. The van der Waals surface area contributed by atoms with Gasteiger partial charge in [0.05, 0.1) is 13.2 Å². The van der Waals surface area contributed by atoms with Crippen LogP contribution in [0.5, 0.6) is 0 Å². The lowest BCUT2D eigenvalue weighted by Gasteiger charge is -2.35. The zero-order chi connectivity index (χ0) is 10.3. The maximum absolute atomic E-state index is 8.99. The molecule has 0 radical (unpaired) electrons. The Morgan fingerprint density at radius 3 is 1.85 bits per heavy atom. The molecule has 0 aliphatic carbocycles. The number of aliphatic hydroxyl groups excluding tert-OH is 1. The van der Waals surface area contributed by atoms with Gasteiger partial charge in [-0.2, -0.15) is 0 Å². The third-order valence-electron chi connectivity index (χ3n) is 2.70. The van der Waals surface area contributed by atoms with Crippen molar-refractivity contribution in [2.75, 3.05) is 34.0 Å². The van der Waals surface area contributed by atoms with Crippen LogP contribution >= 0.6 is 0 Å². The summed E-state index contributed by atoms with van der Waals surface area (Å²) in [6, 6.07) is 0. The van der Waals surface area contributed by atoms with Crippen molar-refractivity contribution in [3.8, 4) is 0 Å². The van der Waals surface area contributed by atoms with Gasteiger partial charge >= 0.3 is 0 Å². The lowest BCUT2D eigenvalue weighted by Crippen LogP contribution is -2.37. The number of hydrogen-bond acceptors (Lipinski definition) is 3. The highest BCUT2D eigenvalue weighted by Gasteiger charge is 2.33. The number of aliphatic hydroxyl groups is 1. The summed E-state index contributed by atoms with van der Waals surface area (Å²) in [5.74, 6) is 0.444. The topological polar surface area (TPSA) is 38.7 Å². The average Bonchev–Trinajstić information content (AvgIpc) is 2.05. The summed E-state index contributed by atoms with van der Waals surface area (Å²) in [5.41, 5.74) is -0.0434. The Balaban J connectivity index is 4.38. The first-order valence-corrected chi connectivity index (χ1v) is 4.71. The quantitative estimate of drug-likeness (QED) is 0.657. The highest BCUT2D eigenvalue weighted by Crippen LogP contribution is 2.31. The highest BCUT2D eigenvalue weighted by atomic mass is 16.5. The Hall–Kier alpha value is -0.120. The minimum absolute atomic E-state index is 0.0434. The predicted octanol–water partition coefficient (Wildman–Crippen LogP) is 1.30. The molecule has 0 aromatic heterocycles. The summed E-state index contributed by atoms with van der Waals surface area (Å²) in [7, 11) is 3.37. The van der Waals surface area contributed by atoms with Crippen LogP contribution in [0.15, 0.2) is 0 Å². The Bertz CT molecular complexity index is 106. The summed E-state index contributed by atoms with van der Waals surface area (Å²) in [6.45, 7) is 5.73. The molecule has 80 valence electrons. The molecule has 0 spiro atoms. The van der Waals surface area contributed by atoms with Gasteiger partial charge < -0.3 is 14.6 Å². The van der Waals surface area contributed by atoms with Crippen molar-refractivity contribution >= 4 is 0 Å². The minimum Gasteiger partial charge on any atom is -0.396 e. The third kappa shape index (κ3) is 3.63. The largest absolute Gasteiger partial charge is 0.396 e. The maximum atomic E-state index is 8.99. The molecule has 1 N–H and O–H groups in total. The fourth-order valence-electron chi connectivity index (χ4n) is 1.61. The Morgan fingerprint density at radius 1 is 1.15 bits per heavy atom. The summed E-state index contributed by atoms with van der Waals surface area (Å²) in [4.78, 5) is 0. The van der Waals surface area contributed by atoms with Crippen molar-refractivity contribution in [3.63, 3.8) is 0 Å². The van der Waals surface area contributed by atoms with Gasteiger partial charge in [0.25, 0.3) is 0 Å². The van der Waals surface area contributed by atoms with Crippen LogP contribution in [0.1, 0.15) is 20.3 Å². The second-order valence-corrected chi connectivity index (χ2v) is 3.86. The van der Waals surface area contributed by atoms with Crippen molar-refractivity contribution in [3.05, 3.63) is 0 Å². The van der Waals surface area contributed by atoms with Crippen molar-refractivity contribution in [1.82, 2.24) is 0 Å². The van der Waals surface area contributed by atoms with Crippen LogP contribution in [0.2, 0.25) is 0 Å². The summed E-state index contributed by atoms with van der Waals surface area (Å²) >= 11 is 0. The molecule has 0 aromatic carbocycles. The molecule has 0 aromatic rings. The van der Waals surface area contributed by atoms with Gasteiger partial charge in [0.2, 0.25) is 0 Å². The van der Waals surface area contributed by atoms with E-state index in [0.29, 0.717) is 19.1 Å². The van der Waals surface area contributed by atoms with E-state index in [2.05, 4.69) is 13.8 Å². The van der Waals surface area contributed by atoms with E-state index in [1.807, 2.05) is 0 Å². The zero-order valence-electron chi connectivity index (χ0n) is 9.17. The van der Waals surface area contributed by atoms with E-state index in [-0.39, 0.29) is 12.0 Å². The van der Waals surface area contributed by atoms with Gasteiger partial charge in [-0.3, -0.25) is 0 Å². The number of hydrogen-bond donors (Lipinski definition) is 1. The predicted molar refractivity (Wildman–Crippen MR) is 52.7 cm³/mol. The average molecular weight is 190 g/mol. The Labute approximate surface area is 81.0 Å². The molecule has 0 atom stereocenters. The van der Waals surface area contributed by atoms with Gasteiger partial charge in [0, 0.05) is 26.2 Å². The molecule has 3 heteroatoms. The smallest absolute Gasteiger partial charge is 0.0544 e. The maximum Gasteiger partial charge on any atom is 0.0544 e. The van der Waals surface area contributed by atoms with E-state index < -0.39 is 0 Å². The summed E-state index contributed by atoms with van der Waals surface area (Å²) in [6.07, 6.45) is 0.729. The van der Waals surface area contributed by atoms with Gasteiger partial charge in [0.1, 0.15) is 0 Å². The monoisotopic (exact) mass is 190 g/mol. The summed E-state index contributed by atoms with van der Waals surface area (Å²) < 4.78 is 10.4. The molecular weight excluding hydrogens is 168 g/mol. The van der Waals surface area contributed by atoms with Gasteiger partial charge in [-0.15, -0.1) is 0 Å². The van der Waals surface area contributed by atoms with E-state index in [0.717, 1.165) is 6.42 Å². The molecule has 3 nitrogen and oxygen atoms in total. The molecule has 0 heterocycles. The SMILES string of the molecule is COCC(CCO)(COC)C(C)C. The fraction of sp³-hybridized carbons (Fsp3) is 1.00. The molecule has 0 bridgehead atoms. The highest BCUT2D eigenvalue weighted by molar-refractivity contribution is 4.82. The Morgan fingerprint density at radius 2 is 1.62 bits per heavy atom. The van der Waals surface area contributed by atoms with E-state index >= 15 is 0 Å². The first-order chi connectivity index (χ1) is 6.13. The van der Waals surface area contributed by atoms with Crippen LogP contribution in [-0.4, -0.2) is 39.1 Å². The van der Waals surface area contributed by atoms with Crippen LogP contribution < -0.4 is 0 Å². The molecule has 0 saturated heterocycles. The molecule has 0 rings (SSSR count). The number of methoxy groups -OCH3 is 2. The Kier molecular flexibility index (Phi) is 6.29. The van der Waals surface area contributed by atoms with Crippen LogP contribution in [-0.2, 0) is 9.47 Å². The van der Waals surface area contributed by atoms with Crippen molar-refractivity contribution in [1.29, 1.82) is 0 Å². The molecule has 0 amide bonds. The standard InChI is InChI=1S/C10H22O3/c1-9(2)10(5-6-11,7-12-3)8-13-4/h9,11H,5-8H2,1-4H3. The fourth-order valence-corrected chi connectivity index (χ4v) is 1.61. The zero-order valence-corrected chi connectivity index (χ0v) is 9.17. The number of ether oxygens (including phenoxy) is 2. The first kappa shape index (κ1) is 12.9. The van der Waals surface area contributed by atoms with Crippen LogP contribution in [0.4, 0.5) is 0 Å². The lowest BCUT2D eigenvalue weighted by atomic mass is 9.76. The normalized spacial score (nSPS) is 12.5. The van der Waals surface area contributed by atoms with E-state index in [9.17, 15) is 0 Å². The second kappa shape index (κ2) is 6.35. The minimum atomic E-state index is -0.0434. The van der Waals surface area contributed by atoms with Crippen molar-refractivity contribution in [2.24, 2.45) is 11.3 Å². The molecule has 0 fully saturated rings. The van der Waals surface area contributed by atoms with Crippen LogP contribution in [0.3, 0.4) is 0 Å². The van der Waals surface area contributed by atoms with E-state index in [1.54, 1.807) is 14.2 Å². The second-order valence-electron chi connectivity index (χ2n) is 3.86. The number of rotatable bonds is 7. The van der Waals surface area contributed by atoms with Crippen LogP contribution in [0, 0.1) is 11.3 Å². The molecule has 0 aliphatic heterocycles. The van der Waals surface area contributed by atoms with Crippen molar-refractivity contribution < 1.29 is 14.6 Å². The van der Waals surface area contributed by atoms with Crippen molar-refractivity contribution in [2.45, 2.75) is 20.3 Å². The van der Waals surface area contributed by atoms with E-state index in [4.69, 9.17) is 14.6 Å². The molecule has 13 heavy (non-hydrogen) atoms. The van der Waals surface area contributed by atoms with Gasteiger partial charge in [-0.05, 0) is 12.3 Å². The molecular formula is C10H22O3. The van der Waals surface area contributed by atoms with Gasteiger partial charge in [-0.1, -0.05) is 13.8 Å². The van der Waals surface area contributed by atoms with E-state index in [1.165, 1.54) is 0 Å². The summed E-state index contributed by atoms with van der Waals surface area (Å²) in [5, 5.41) is 8.99. The molecule has 0 unspecified atom stereocenters. The molecule has 0 saturated carbocycles. The van der Waals surface area contributed by atoms with Gasteiger partial charge in [0.15, 0.2) is 0 Å². The third-order valence-corrected chi connectivity index (χ3v) is 2.70. The van der Waals surface area contributed by atoms with Gasteiger partial charge in [-0.25, -0.2) is 0 Å². The molecule has 0 aliphatic rings. The first-order valence-electron chi connectivity index (χ1n) is 4.71.